The molecular weight excluding hydrogens is 412 g/mol. The topological polar surface area (TPSA) is 64.6 Å². The molecular formula is C25H50O7. The Bertz CT molecular complexity index is 436. The number of hydrogen-bond acceptors (Lipinski definition) is 7. The molecule has 7 heteroatoms. The molecule has 1 saturated heterocycles. The number of methoxy groups -OCH3 is 2. The molecule has 0 bridgehead atoms. The average Bonchev–Trinajstić information content (AvgIpc) is 2.84. The average molecular weight is 463 g/mol. The minimum absolute atomic E-state index is 0.156. The van der Waals surface area contributed by atoms with Gasteiger partial charge in [-0.3, -0.25) is 4.74 Å². The Labute approximate surface area is 196 Å². The molecule has 32 heavy (non-hydrogen) atoms. The van der Waals surface area contributed by atoms with E-state index < -0.39 is 18.2 Å². The zero-order valence-electron chi connectivity index (χ0n) is 21.6. The molecule has 1 rings (SSSR count). The summed E-state index contributed by atoms with van der Waals surface area (Å²) in [6, 6.07) is 0. The minimum Gasteiger partial charge on any atom is -0.347 e. The molecule has 0 amide bonds. The summed E-state index contributed by atoms with van der Waals surface area (Å²) in [6.07, 6.45) is 11.6. The SMILES string of the molecule is CCCCCCCCCC(OC)(OC)OCC(CC)OC(CC)OC1(CC)OCCCO1. The van der Waals surface area contributed by atoms with Gasteiger partial charge in [0.2, 0.25) is 0 Å². The molecule has 2 atom stereocenters. The van der Waals surface area contributed by atoms with Crippen LogP contribution in [0.25, 0.3) is 0 Å². The van der Waals surface area contributed by atoms with Gasteiger partial charge in [-0.25, -0.2) is 0 Å². The lowest BCUT2D eigenvalue weighted by Crippen LogP contribution is -2.47. The first-order valence-corrected chi connectivity index (χ1v) is 12.9. The van der Waals surface area contributed by atoms with E-state index in [1.54, 1.807) is 14.2 Å². The zero-order chi connectivity index (χ0) is 23.7. The van der Waals surface area contributed by atoms with E-state index >= 15 is 0 Å². The maximum Gasteiger partial charge on any atom is 0.284 e. The third kappa shape index (κ3) is 10.8. The highest BCUT2D eigenvalue weighted by Crippen LogP contribution is 2.28. The van der Waals surface area contributed by atoms with Gasteiger partial charge < -0.3 is 28.4 Å². The lowest BCUT2D eigenvalue weighted by atomic mass is 10.1. The van der Waals surface area contributed by atoms with Gasteiger partial charge in [0.15, 0.2) is 6.29 Å². The highest BCUT2D eigenvalue weighted by Gasteiger charge is 2.38. The van der Waals surface area contributed by atoms with E-state index in [4.69, 9.17) is 33.2 Å². The van der Waals surface area contributed by atoms with Crippen molar-refractivity contribution in [3.63, 3.8) is 0 Å². The predicted octanol–water partition coefficient (Wildman–Crippen LogP) is 6.14. The fourth-order valence-electron chi connectivity index (χ4n) is 3.78. The second-order valence-electron chi connectivity index (χ2n) is 8.48. The van der Waals surface area contributed by atoms with Crippen molar-refractivity contribution in [1.29, 1.82) is 0 Å². The Kier molecular flexibility index (Phi) is 16.0. The summed E-state index contributed by atoms with van der Waals surface area (Å²) in [7, 11) is 3.26. The molecule has 0 aliphatic carbocycles. The van der Waals surface area contributed by atoms with Crippen molar-refractivity contribution in [1.82, 2.24) is 0 Å². The lowest BCUT2D eigenvalue weighted by Gasteiger charge is -2.39. The predicted molar refractivity (Wildman–Crippen MR) is 125 cm³/mol. The van der Waals surface area contributed by atoms with Crippen molar-refractivity contribution in [2.24, 2.45) is 0 Å². The summed E-state index contributed by atoms with van der Waals surface area (Å²) in [5.41, 5.74) is 0. The third-order valence-corrected chi connectivity index (χ3v) is 6.01. The maximum atomic E-state index is 6.23. The Balaban J connectivity index is 2.51. The van der Waals surface area contributed by atoms with Gasteiger partial charge in [-0.05, 0) is 25.7 Å². The second kappa shape index (κ2) is 17.2. The third-order valence-electron chi connectivity index (χ3n) is 6.01. The normalized spacial score (nSPS) is 18.6. The van der Waals surface area contributed by atoms with E-state index in [9.17, 15) is 0 Å². The Morgan fingerprint density at radius 3 is 2.00 bits per heavy atom. The van der Waals surface area contributed by atoms with Gasteiger partial charge in [0, 0.05) is 27.1 Å². The van der Waals surface area contributed by atoms with Crippen LogP contribution in [0.2, 0.25) is 0 Å². The van der Waals surface area contributed by atoms with Crippen molar-refractivity contribution in [2.45, 2.75) is 129 Å². The van der Waals surface area contributed by atoms with E-state index in [2.05, 4.69) is 13.8 Å². The fraction of sp³-hybridized carbons (Fsp3) is 1.00. The molecule has 1 fully saturated rings. The molecule has 2 unspecified atom stereocenters. The van der Waals surface area contributed by atoms with Crippen molar-refractivity contribution in [2.75, 3.05) is 34.0 Å². The first-order valence-electron chi connectivity index (χ1n) is 12.9. The summed E-state index contributed by atoms with van der Waals surface area (Å²) in [5, 5.41) is 0. The van der Waals surface area contributed by atoms with Crippen molar-refractivity contribution in [3.8, 4) is 0 Å². The summed E-state index contributed by atoms with van der Waals surface area (Å²) in [4.78, 5) is 0. The quantitative estimate of drug-likeness (QED) is 0.159. The molecule has 192 valence electrons. The first kappa shape index (κ1) is 29.8. The van der Waals surface area contributed by atoms with Gasteiger partial charge in [-0.15, -0.1) is 0 Å². The van der Waals surface area contributed by atoms with Gasteiger partial charge >= 0.3 is 0 Å². The van der Waals surface area contributed by atoms with Crippen LogP contribution in [-0.4, -0.2) is 58.4 Å². The van der Waals surface area contributed by atoms with E-state index in [1.807, 2.05) is 13.8 Å². The molecule has 0 aromatic heterocycles. The molecule has 1 aliphatic heterocycles. The monoisotopic (exact) mass is 462 g/mol. The highest BCUT2D eigenvalue weighted by molar-refractivity contribution is 4.65. The van der Waals surface area contributed by atoms with Crippen LogP contribution in [-0.2, 0) is 33.2 Å². The van der Waals surface area contributed by atoms with Gasteiger partial charge in [-0.2, -0.15) is 0 Å². The van der Waals surface area contributed by atoms with Gasteiger partial charge in [0.25, 0.3) is 11.9 Å². The molecule has 0 spiro atoms. The van der Waals surface area contributed by atoms with Crippen LogP contribution < -0.4 is 0 Å². The van der Waals surface area contributed by atoms with Crippen molar-refractivity contribution in [3.05, 3.63) is 0 Å². The van der Waals surface area contributed by atoms with Crippen LogP contribution in [0.5, 0.6) is 0 Å². The van der Waals surface area contributed by atoms with Gasteiger partial charge in [0.05, 0.1) is 25.9 Å². The van der Waals surface area contributed by atoms with Crippen molar-refractivity contribution >= 4 is 0 Å². The number of rotatable bonds is 20. The first-order chi connectivity index (χ1) is 15.5. The molecule has 0 aromatic rings. The van der Waals surface area contributed by atoms with Gasteiger partial charge in [0.1, 0.15) is 0 Å². The number of unbranched alkanes of at least 4 members (excludes halogenated alkanes) is 6. The molecule has 7 nitrogen and oxygen atoms in total. The summed E-state index contributed by atoms with van der Waals surface area (Å²) in [5.74, 6) is -2.05. The summed E-state index contributed by atoms with van der Waals surface area (Å²) < 4.78 is 41.4. The van der Waals surface area contributed by atoms with E-state index in [0.29, 0.717) is 39.1 Å². The maximum absolute atomic E-state index is 6.23. The van der Waals surface area contributed by atoms with Crippen LogP contribution in [0.1, 0.15) is 105 Å². The smallest absolute Gasteiger partial charge is 0.284 e. The molecule has 1 aliphatic rings. The highest BCUT2D eigenvalue weighted by atomic mass is 16.9. The number of ether oxygens (including phenoxy) is 7. The molecule has 1 heterocycles. The van der Waals surface area contributed by atoms with E-state index in [-0.39, 0.29) is 6.10 Å². The van der Waals surface area contributed by atoms with Crippen LogP contribution in [0.4, 0.5) is 0 Å². The summed E-state index contributed by atoms with van der Waals surface area (Å²) >= 11 is 0. The zero-order valence-corrected chi connectivity index (χ0v) is 21.6. The second-order valence-corrected chi connectivity index (χ2v) is 8.48. The van der Waals surface area contributed by atoms with Crippen LogP contribution in [0.3, 0.4) is 0 Å². The largest absolute Gasteiger partial charge is 0.347 e. The van der Waals surface area contributed by atoms with E-state index in [0.717, 1.165) is 25.7 Å². The van der Waals surface area contributed by atoms with Crippen LogP contribution in [0.15, 0.2) is 0 Å². The van der Waals surface area contributed by atoms with Crippen LogP contribution in [0, 0.1) is 0 Å². The van der Waals surface area contributed by atoms with Crippen molar-refractivity contribution < 1.29 is 33.2 Å². The van der Waals surface area contributed by atoms with E-state index in [1.165, 1.54) is 32.1 Å². The Morgan fingerprint density at radius 2 is 1.47 bits per heavy atom. The number of hydrogen-bond donors (Lipinski definition) is 0. The minimum atomic E-state index is -1.04. The lowest BCUT2D eigenvalue weighted by molar-refractivity contribution is -0.439. The van der Waals surface area contributed by atoms with Crippen LogP contribution >= 0.6 is 0 Å². The Morgan fingerprint density at radius 1 is 0.844 bits per heavy atom. The fourth-order valence-corrected chi connectivity index (χ4v) is 3.78. The Hall–Kier alpha value is -0.280. The molecule has 0 saturated carbocycles. The molecule has 0 radical (unpaired) electrons. The summed E-state index contributed by atoms with van der Waals surface area (Å²) in [6.45, 7) is 9.95. The standard InChI is InChI=1S/C25H50O7/c1-7-11-12-13-14-15-16-18-25(26-5,27-6)30-21-22(8-2)31-23(9-3)32-24(10-4)28-19-17-20-29-24/h22-23H,7-21H2,1-6H3. The molecule has 0 aromatic carbocycles. The molecule has 0 N–H and O–H groups in total. The van der Waals surface area contributed by atoms with Gasteiger partial charge in [-0.1, -0.05) is 66.2 Å².